The highest BCUT2D eigenvalue weighted by atomic mass is 32.1. The first kappa shape index (κ1) is 9.12. The Morgan fingerprint density at radius 1 is 1.77 bits per heavy atom. The summed E-state index contributed by atoms with van der Waals surface area (Å²) >= 11 is 1.69. The molecule has 2 rings (SSSR count). The summed E-state index contributed by atoms with van der Waals surface area (Å²) in [5.41, 5.74) is 1.87. The number of rotatable bonds is 3. The van der Waals surface area contributed by atoms with E-state index in [2.05, 4.69) is 10.3 Å². The highest BCUT2D eigenvalue weighted by Crippen LogP contribution is 2.28. The van der Waals surface area contributed by atoms with Gasteiger partial charge in [-0.2, -0.15) is 0 Å². The van der Waals surface area contributed by atoms with E-state index in [4.69, 9.17) is 4.74 Å². The summed E-state index contributed by atoms with van der Waals surface area (Å²) in [6.45, 7) is 0.904. The van der Waals surface area contributed by atoms with E-state index in [9.17, 15) is 0 Å². The van der Waals surface area contributed by atoms with Gasteiger partial charge in [-0.25, -0.2) is 0 Å². The second kappa shape index (κ2) is 4.17. The largest absolute Gasteiger partial charge is 0.376 e. The Bertz CT molecular complexity index is 244. The molecule has 1 fully saturated rings. The van der Waals surface area contributed by atoms with Crippen molar-refractivity contribution >= 4 is 11.3 Å². The molecule has 1 aliphatic heterocycles. The van der Waals surface area contributed by atoms with Gasteiger partial charge in [0.2, 0.25) is 0 Å². The lowest BCUT2D eigenvalue weighted by Crippen LogP contribution is -2.28. The number of hydrogen-bond donors (Lipinski definition) is 1. The number of nitrogens with one attached hydrogen (secondary N) is 1. The van der Waals surface area contributed by atoms with E-state index in [-0.39, 0.29) is 0 Å². The fourth-order valence-electron chi connectivity index (χ4n) is 1.76. The van der Waals surface area contributed by atoms with E-state index >= 15 is 0 Å². The third-order valence-corrected chi connectivity index (χ3v) is 3.26. The van der Waals surface area contributed by atoms with Gasteiger partial charge in [0.15, 0.2) is 0 Å². The third kappa shape index (κ3) is 1.90. The van der Waals surface area contributed by atoms with E-state index in [1.54, 1.807) is 11.3 Å². The molecule has 0 aliphatic carbocycles. The fraction of sp³-hybridized carbons (Fsp3) is 0.667. The number of likely N-dealkylation sites (N-methyl/N-ethyl adjacent to an activating group) is 1. The highest BCUT2D eigenvalue weighted by Gasteiger charge is 2.26. The van der Waals surface area contributed by atoms with Crippen LogP contribution in [0, 0.1) is 0 Å². The summed E-state index contributed by atoms with van der Waals surface area (Å²) in [4.78, 5) is 5.36. The molecular formula is C9H14N2OS. The van der Waals surface area contributed by atoms with Gasteiger partial charge >= 0.3 is 0 Å². The molecule has 2 unspecified atom stereocenters. The van der Waals surface area contributed by atoms with E-state index < -0.39 is 0 Å². The zero-order valence-electron chi connectivity index (χ0n) is 7.69. The van der Waals surface area contributed by atoms with E-state index in [0.29, 0.717) is 12.1 Å². The zero-order chi connectivity index (χ0) is 9.10. The smallest absolute Gasteiger partial charge is 0.0794 e. The van der Waals surface area contributed by atoms with Crippen LogP contribution in [0.2, 0.25) is 0 Å². The molecule has 0 bridgehead atoms. The lowest BCUT2D eigenvalue weighted by atomic mass is 10.1. The van der Waals surface area contributed by atoms with Gasteiger partial charge in [0.05, 0.1) is 17.7 Å². The molecule has 2 heterocycles. The van der Waals surface area contributed by atoms with E-state index in [1.165, 1.54) is 11.3 Å². The molecular weight excluding hydrogens is 184 g/mol. The van der Waals surface area contributed by atoms with Gasteiger partial charge in [-0.1, -0.05) is 0 Å². The predicted molar refractivity (Wildman–Crippen MR) is 52.9 cm³/mol. The van der Waals surface area contributed by atoms with Crippen LogP contribution in [0.1, 0.15) is 23.8 Å². The molecule has 1 N–H and O–H groups in total. The van der Waals surface area contributed by atoms with Gasteiger partial charge in [0.25, 0.3) is 0 Å². The van der Waals surface area contributed by atoms with Crippen molar-refractivity contribution in [3.63, 3.8) is 0 Å². The predicted octanol–water partition coefficient (Wildman–Crippen LogP) is 1.58. The quantitative estimate of drug-likeness (QED) is 0.800. The van der Waals surface area contributed by atoms with Crippen molar-refractivity contribution in [3.05, 3.63) is 16.6 Å². The molecule has 2 atom stereocenters. The topological polar surface area (TPSA) is 34.2 Å². The molecule has 0 spiro atoms. The molecule has 1 aromatic heterocycles. The SMILES string of the molecule is CNC(c1cncs1)C1CCCO1. The van der Waals surface area contributed by atoms with Crippen molar-refractivity contribution in [3.8, 4) is 0 Å². The lowest BCUT2D eigenvalue weighted by Gasteiger charge is -2.20. The molecule has 0 amide bonds. The van der Waals surface area contributed by atoms with Gasteiger partial charge < -0.3 is 10.1 Å². The van der Waals surface area contributed by atoms with Crippen LogP contribution in [-0.2, 0) is 4.74 Å². The Hall–Kier alpha value is -0.450. The normalized spacial score (nSPS) is 24.8. The summed E-state index contributed by atoms with van der Waals surface area (Å²) in [6, 6.07) is 0.329. The first-order valence-corrected chi connectivity index (χ1v) is 5.47. The lowest BCUT2D eigenvalue weighted by molar-refractivity contribution is 0.0817. The first-order chi connectivity index (χ1) is 6.42. The summed E-state index contributed by atoms with van der Waals surface area (Å²) in [7, 11) is 1.98. The highest BCUT2D eigenvalue weighted by molar-refractivity contribution is 7.09. The van der Waals surface area contributed by atoms with Crippen LogP contribution in [0.25, 0.3) is 0 Å². The molecule has 0 aromatic carbocycles. The monoisotopic (exact) mass is 198 g/mol. The van der Waals surface area contributed by atoms with Crippen LogP contribution in [0.4, 0.5) is 0 Å². The molecule has 0 saturated carbocycles. The third-order valence-electron chi connectivity index (χ3n) is 2.41. The molecule has 1 aromatic rings. The van der Waals surface area contributed by atoms with Crippen LogP contribution in [0.5, 0.6) is 0 Å². The Labute approximate surface area is 82.1 Å². The number of aromatic nitrogens is 1. The van der Waals surface area contributed by atoms with Crippen molar-refractivity contribution in [1.82, 2.24) is 10.3 Å². The zero-order valence-corrected chi connectivity index (χ0v) is 8.51. The molecule has 4 heteroatoms. The number of hydrogen-bond acceptors (Lipinski definition) is 4. The maximum Gasteiger partial charge on any atom is 0.0794 e. The molecule has 1 aliphatic rings. The van der Waals surface area contributed by atoms with Crippen molar-refractivity contribution in [2.24, 2.45) is 0 Å². The first-order valence-electron chi connectivity index (χ1n) is 4.59. The minimum absolute atomic E-state index is 0.329. The van der Waals surface area contributed by atoms with Crippen molar-refractivity contribution in [1.29, 1.82) is 0 Å². The number of nitrogens with zero attached hydrogens (tertiary/aromatic N) is 1. The van der Waals surface area contributed by atoms with Crippen molar-refractivity contribution in [2.45, 2.75) is 25.0 Å². The van der Waals surface area contributed by atoms with Gasteiger partial charge in [0.1, 0.15) is 0 Å². The molecule has 1 saturated heterocycles. The Kier molecular flexibility index (Phi) is 2.93. The molecule has 3 nitrogen and oxygen atoms in total. The number of thiazole rings is 1. The Morgan fingerprint density at radius 2 is 2.69 bits per heavy atom. The second-order valence-corrected chi connectivity index (χ2v) is 4.14. The van der Waals surface area contributed by atoms with Crippen LogP contribution < -0.4 is 5.32 Å². The van der Waals surface area contributed by atoms with Crippen molar-refractivity contribution < 1.29 is 4.74 Å². The maximum absolute atomic E-state index is 5.65. The Balaban J connectivity index is 2.08. The van der Waals surface area contributed by atoms with E-state index in [0.717, 1.165) is 13.0 Å². The number of ether oxygens (including phenoxy) is 1. The van der Waals surface area contributed by atoms with Gasteiger partial charge in [0, 0.05) is 17.7 Å². The molecule has 72 valence electrons. The van der Waals surface area contributed by atoms with Gasteiger partial charge in [-0.05, 0) is 19.9 Å². The average Bonchev–Trinajstić information content (AvgIpc) is 2.76. The summed E-state index contributed by atoms with van der Waals surface area (Å²) in [5, 5.41) is 3.29. The van der Waals surface area contributed by atoms with Gasteiger partial charge in [-0.3, -0.25) is 4.98 Å². The minimum Gasteiger partial charge on any atom is -0.376 e. The van der Waals surface area contributed by atoms with Crippen LogP contribution in [0.3, 0.4) is 0 Å². The fourth-order valence-corrected chi connectivity index (χ4v) is 2.54. The second-order valence-electron chi connectivity index (χ2n) is 3.22. The van der Waals surface area contributed by atoms with Crippen LogP contribution >= 0.6 is 11.3 Å². The standard InChI is InChI=1S/C9H14N2OS/c1-10-9(7-3-2-4-12-7)8-5-11-6-13-8/h5-7,9-10H,2-4H2,1H3. The Morgan fingerprint density at radius 3 is 3.23 bits per heavy atom. The summed E-state index contributed by atoms with van der Waals surface area (Å²) < 4.78 is 5.65. The van der Waals surface area contributed by atoms with E-state index in [1.807, 2.05) is 18.8 Å². The summed E-state index contributed by atoms with van der Waals surface area (Å²) in [6.07, 6.45) is 4.60. The average molecular weight is 198 g/mol. The van der Waals surface area contributed by atoms with Crippen molar-refractivity contribution in [2.75, 3.05) is 13.7 Å². The minimum atomic E-state index is 0.329. The molecule has 0 radical (unpaired) electrons. The summed E-state index contributed by atoms with van der Waals surface area (Å²) in [5.74, 6) is 0. The van der Waals surface area contributed by atoms with Gasteiger partial charge in [-0.15, -0.1) is 11.3 Å². The molecule has 13 heavy (non-hydrogen) atoms. The van der Waals surface area contributed by atoms with Crippen LogP contribution in [0.15, 0.2) is 11.7 Å². The maximum atomic E-state index is 5.65. The van der Waals surface area contributed by atoms with Crippen LogP contribution in [-0.4, -0.2) is 24.7 Å².